The van der Waals surface area contributed by atoms with E-state index in [-0.39, 0.29) is 12.5 Å². The molecule has 116 valence electrons. The fourth-order valence-corrected chi connectivity index (χ4v) is 1.66. The van der Waals surface area contributed by atoms with Gasteiger partial charge in [-0.3, -0.25) is 4.79 Å². The Hall–Kier alpha value is -1.79. The summed E-state index contributed by atoms with van der Waals surface area (Å²) in [5.41, 5.74) is 0. The largest absolute Gasteiger partial charge is 0.481 e. The molecule has 0 fully saturated rings. The fraction of sp³-hybridized carbons (Fsp3) is 0.769. The number of rotatable bonds is 7. The first kappa shape index (κ1) is 18.2. The van der Waals surface area contributed by atoms with Gasteiger partial charge in [0.1, 0.15) is 6.04 Å². The van der Waals surface area contributed by atoms with Crippen LogP contribution in [0.5, 0.6) is 0 Å². The third-order valence-corrected chi connectivity index (χ3v) is 2.81. The molecule has 0 spiro atoms. The molecule has 0 aromatic heterocycles. The quantitative estimate of drug-likeness (QED) is 0.680. The van der Waals surface area contributed by atoms with Gasteiger partial charge in [-0.1, -0.05) is 20.8 Å². The van der Waals surface area contributed by atoms with Crippen LogP contribution in [0, 0.1) is 11.8 Å². The molecule has 2 N–H and O–H groups in total. The number of hydrogen-bond donors (Lipinski definition) is 2. The van der Waals surface area contributed by atoms with Crippen LogP contribution in [0.15, 0.2) is 0 Å². The lowest BCUT2D eigenvalue weighted by Gasteiger charge is -2.24. The van der Waals surface area contributed by atoms with Crippen molar-refractivity contribution in [2.24, 2.45) is 11.8 Å². The topological polar surface area (TPSA) is 95.9 Å². The molecule has 2 unspecified atom stereocenters. The van der Waals surface area contributed by atoms with E-state index in [4.69, 9.17) is 5.11 Å². The first-order chi connectivity index (χ1) is 9.18. The van der Waals surface area contributed by atoms with Crippen molar-refractivity contribution in [2.45, 2.75) is 33.2 Å². The van der Waals surface area contributed by atoms with Gasteiger partial charge in [0.15, 0.2) is 0 Å². The van der Waals surface area contributed by atoms with Crippen molar-refractivity contribution in [2.75, 3.05) is 20.7 Å². The van der Waals surface area contributed by atoms with Gasteiger partial charge in [0.2, 0.25) is 0 Å². The molecule has 0 heterocycles. The Kier molecular flexibility index (Phi) is 7.64. The normalized spacial score (nSPS) is 13.5. The number of aliphatic carboxylic acids is 1. The minimum atomic E-state index is -0.976. The van der Waals surface area contributed by atoms with Crippen LogP contribution in [0.25, 0.3) is 0 Å². The second-order valence-corrected chi connectivity index (χ2v) is 5.27. The lowest BCUT2D eigenvalue weighted by Crippen LogP contribution is -2.48. The summed E-state index contributed by atoms with van der Waals surface area (Å²) in [5.74, 6) is -1.95. The van der Waals surface area contributed by atoms with Crippen molar-refractivity contribution in [3.05, 3.63) is 0 Å². The van der Waals surface area contributed by atoms with E-state index in [0.717, 1.165) is 0 Å². The minimum absolute atomic E-state index is 0.0662. The number of urea groups is 1. The Bertz CT molecular complexity index is 357. The Labute approximate surface area is 119 Å². The van der Waals surface area contributed by atoms with Crippen LogP contribution in [-0.4, -0.2) is 54.7 Å². The molecule has 0 bridgehead atoms. The van der Waals surface area contributed by atoms with Gasteiger partial charge >= 0.3 is 18.0 Å². The SMILES string of the molecule is COC(=O)C(CC(C)C)NC(=O)N(C)CC(C)C(=O)O. The number of ether oxygens (including phenoxy) is 1. The number of hydrogen-bond acceptors (Lipinski definition) is 4. The predicted molar refractivity (Wildman–Crippen MR) is 73.2 cm³/mol. The Morgan fingerprint density at radius 2 is 1.80 bits per heavy atom. The molecule has 2 atom stereocenters. The van der Waals surface area contributed by atoms with E-state index in [1.165, 1.54) is 26.0 Å². The zero-order chi connectivity index (χ0) is 15.9. The van der Waals surface area contributed by atoms with Crippen LogP contribution in [0.3, 0.4) is 0 Å². The van der Waals surface area contributed by atoms with Crippen molar-refractivity contribution in [3.8, 4) is 0 Å². The van der Waals surface area contributed by atoms with E-state index in [0.29, 0.717) is 6.42 Å². The van der Waals surface area contributed by atoms with E-state index >= 15 is 0 Å². The maximum absolute atomic E-state index is 11.9. The van der Waals surface area contributed by atoms with Crippen LogP contribution in [-0.2, 0) is 14.3 Å². The fourth-order valence-electron chi connectivity index (χ4n) is 1.66. The molecule has 0 aliphatic heterocycles. The van der Waals surface area contributed by atoms with Gasteiger partial charge in [0.05, 0.1) is 13.0 Å². The summed E-state index contributed by atoms with van der Waals surface area (Å²) in [6.45, 7) is 5.44. The number of carboxylic acid groups (broad SMARTS) is 1. The van der Waals surface area contributed by atoms with Crippen molar-refractivity contribution < 1.29 is 24.2 Å². The summed E-state index contributed by atoms with van der Waals surface area (Å²) in [5, 5.41) is 11.4. The maximum atomic E-state index is 11.9. The molecular weight excluding hydrogens is 264 g/mol. The average molecular weight is 288 g/mol. The maximum Gasteiger partial charge on any atom is 0.328 e. The monoisotopic (exact) mass is 288 g/mol. The molecule has 7 heteroatoms. The number of esters is 1. The molecule has 0 aliphatic rings. The lowest BCUT2D eigenvalue weighted by molar-refractivity contribution is -0.144. The zero-order valence-corrected chi connectivity index (χ0v) is 12.7. The lowest BCUT2D eigenvalue weighted by atomic mass is 10.0. The minimum Gasteiger partial charge on any atom is -0.481 e. The average Bonchev–Trinajstić information content (AvgIpc) is 2.35. The van der Waals surface area contributed by atoms with E-state index in [9.17, 15) is 14.4 Å². The van der Waals surface area contributed by atoms with Crippen molar-refractivity contribution in [1.82, 2.24) is 10.2 Å². The highest BCUT2D eigenvalue weighted by molar-refractivity contribution is 5.83. The molecule has 0 rings (SSSR count). The second kappa shape index (κ2) is 8.39. The molecule has 7 nitrogen and oxygen atoms in total. The first-order valence-corrected chi connectivity index (χ1v) is 6.51. The number of carbonyl (C=O) groups excluding carboxylic acids is 2. The third kappa shape index (κ3) is 6.40. The second-order valence-electron chi connectivity index (χ2n) is 5.27. The predicted octanol–water partition coefficient (Wildman–Crippen LogP) is 0.936. The highest BCUT2D eigenvalue weighted by atomic mass is 16.5. The molecule has 0 aliphatic carbocycles. The van der Waals surface area contributed by atoms with E-state index in [1.807, 2.05) is 13.8 Å². The van der Waals surface area contributed by atoms with Gasteiger partial charge in [-0.25, -0.2) is 9.59 Å². The van der Waals surface area contributed by atoms with Gasteiger partial charge < -0.3 is 20.1 Å². The van der Waals surface area contributed by atoms with Gasteiger partial charge in [-0.15, -0.1) is 0 Å². The summed E-state index contributed by atoms with van der Waals surface area (Å²) in [4.78, 5) is 35.5. The molecule has 2 amide bonds. The van der Waals surface area contributed by atoms with Gasteiger partial charge in [-0.2, -0.15) is 0 Å². The smallest absolute Gasteiger partial charge is 0.328 e. The Balaban J connectivity index is 4.58. The standard InChI is InChI=1S/C13H24N2O5/c1-8(2)6-10(12(18)20-5)14-13(19)15(4)7-9(3)11(16)17/h8-10H,6-7H2,1-5H3,(H,14,19)(H,16,17). The molecule has 20 heavy (non-hydrogen) atoms. The number of carbonyl (C=O) groups is 3. The number of methoxy groups -OCH3 is 1. The van der Waals surface area contributed by atoms with Crippen molar-refractivity contribution in [3.63, 3.8) is 0 Å². The number of amides is 2. The number of nitrogens with one attached hydrogen (secondary N) is 1. The summed E-state index contributed by atoms with van der Waals surface area (Å²) in [7, 11) is 2.75. The zero-order valence-electron chi connectivity index (χ0n) is 12.7. The highest BCUT2D eigenvalue weighted by Crippen LogP contribution is 2.07. The third-order valence-electron chi connectivity index (χ3n) is 2.81. The summed E-state index contributed by atoms with van der Waals surface area (Å²) in [6.07, 6.45) is 0.459. The summed E-state index contributed by atoms with van der Waals surface area (Å²) in [6, 6.07) is -1.22. The molecule has 0 aromatic rings. The molecule has 0 aromatic carbocycles. The van der Waals surface area contributed by atoms with Crippen LogP contribution in [0.4, 0.5) is 4.79 Å². The summed E-state index contributed by atoms with van der Waals surface area (Å²) < 4.78 is 4.65. The number of carboxylic acids is 1. The van der Waals surface area contributed by atoms with Crippen molar-refractivity contribution >= 4 is 18.0 Å². The van der Waals surface area contributed by atoms with Crippen LogP contribution in [0.2, 0.25) is 0 Å². The Morgan fingerprint density at radius 3 is 2.20 bits per heavy atom. The van der Waals surface area contributed by atoms with Crippen LogP contribution < -0.4 is 5.32 Å². The van der Waals surface area contributed by atoms with Gasteiger partial charge in [0.25, 0.3) is 0 Å². The van der Waals surface area contributed by atoms with E-state index in [1.54, 1.807) is 0 Å². The molecule has 0 saturated heterocycles. The number of nitrogens with zero attached hydrogens (tertiary/aromatic N) is 1. The van der Waals surface area contributed by atoms with Gasteiger partial charge in [-0.05, 0) is 12.3 Å². The summed E-state index contributed by atoms with van der Waals surface area (Å²) >= 11 is 0. The van der Waals surface area contributed by atoms with E-state index in [2.05, 4.69) is 10.1 Å². The van der Waals surface area contributed by atoms with Crippen molar-refractivity contribution in [1.29, 1.82) is 0 Å². The first-order valence-electron chi connectivity index (χ1n) is 6.51. The van der Waals surface area contributed by atoms with E-state index < -0.39 is 29.9 Å². The molecule has 0 saturated carbocycles. The molecule has 0 radical (unpaired) electrons. The van der Waals surface area contributed by atoms with Crippen LogP contribution >= 0.6 is 0 Å². The molecular formula is C13H24N2O5. The van der Waals surface area contributed by atoms with Crippen LogP contribution in [0.1, 0.15) is 27.2 Å². The Morgan fingerprint density at radius 1 is 1.25 bits per heavy atom. The van der Waals surface area contributed by atoms with Gasteiger partial charge in [0, 0.05) is 13.6 Å². The highest BCUT2D eigenvalue weighted by Gasteiger charge is 2.25.